The monoisotopic (exact) mass is 264 g/mol. The third kappa shape index (κ3) is 2.77. The summed E-state index contributed by atoms with van der Waals surface area (Å²) in [5.41, 5.74) is 1.87. The number of rotatable bonds is 3. The molecule has 1 nitrogen and oxygen atoms in total. The molecule has 0 amide bonds. The molecule has 2 heteroatoms. The molecule has 0 bridgehead atoms. The highest BCUT2D eigenvalue weighted by Gasteiger charge is 2.30. The van der Waals surface area contributed by atoms with Crippen LogP contribution in [0.25, 0.3) is 0 Å². The van der Waals surface area contributed by atoms with Gasteiger partial charge < -0.3 is 0 Å². The Morgan fingerprint density at radius 2 is 2.06 bits per heavy atom. The minimum Gasteiger partial charge on any atom is -0.294 e. The fraction of sp³-hybridized carbons (Fsp3) is 0.562. The first-order chi connectivity index (χ1) is 8.63. The molecule has 1 aliphatic rings. The molecule has 0 radical (unpaired) electrons. The molecule has 98 valence electrons. The standard InChI is InChI=1S/C16H21ClO/c1-3-12-6-4-5-7-15(12)16(18)14-9-8-13(17)10-11(14)2/h8-10,12,15H,3-7H2,1-2H3. The van der Waals surface area contributed by atoms with E-state index in [-0.39, 0.29) is 5.92 Å². The van der Waals surface area contributed by atoms with Crippen LogP contribution in [0, 0.1) is 18.8 Å². The van der Waals surface area contributed by atoms with E-state index >= 15 is 0 Å². The largest absolute Gasteiger partial charge is 0.294 e. The summed E-state index contributed by atoms with van der Waals surface area (Å²) in [6.07, 6.45) is 5.85. The van der Waals surface area contributed by atoms with Crippen molar-refractivity contribution in [1.82, 2.24) is 0 Å². The molecule has 1 fully saturated rings. The lowest BCUT2D eigenvalue weighted by Crippen LogP contribution is -2.27. The number of Topliss-reactive ketones (excluding diaryl/α,β-unsaturated/α-hetero) is 1. The van der Waals surface area contributed by atoms with Gasteiger partial charge in [0.05, 0.1) is 0 Å². The van der Waals surface area contributed by atoms with Crippen LogP contribution in [0.15, 0.2) is 18.2 Å². The van der Waals surface area contributed by atoms with Crippen LogP contribution in [-0.4, -0.2) is 5.78 Å². The highest BCUT2D eigenvalue weighted by molar-refractivity contribution is 6.30. The molecule has 0 heterocycles. The number of benzene rings is 1. The molecule has 18 heavy (non-hydrogen) atoms. The molecular weight excluding hydrogens is 244 g/mol. The number of hydrogen-bond donors (Lipinski definition) is 0. The fourth-order valence-electron chi connectivity index (χ4n) is 3.14. The highest BCUT2D eigenvalue weighted by Crippen LogP contribution is 2.35. The van der Waals surface area contributed by atoms with E-state index in [1.165, 1.54) is 19.3 Å². The maximum Gasteiger partial charge on any atom is 0.166 e. The van der Waals surface area contributed by atoms with Gasteiger partial charge >= 0.3 is 0 Å². The molecule has 1 aromatic rings. The van der Waals surface area contributed by atoms with E-state index in [4.69, 9.17) is 11.6 Å². The predicted octanol–water partition coefficient (Wildman–Crippen LogP) is 5.05. The van der Waals surface area contributed by atoms with Crippen molar-refractivity contribution < 1.29 is 4.79 Å². The number of carbonyl (C=O) groups excluding carboxylic acids is 1. The third-order valence-corrected chi connectivity index (χ3v) is 4.46. The average molecular weight is 265 g/mol. The van der Waals surface area contributed by atoms with E-state index in [0.717, 1.165) is 24.0 Å². The zero-order valence-electron chi connectivity index (χ0n) is 11.2. The van der Waals surface area contributed by atoms with Gasteiger partial charge in [0, 0.05) is 16.5 Å². The maximum atomic E-state index is 12.7. The topological polar surface area (TPSA) is 17.1 Å². The Balaban J connectivity index is 2.24. The molecule has 0 aliphatic heterocycles. The lowest BCUT2D eigenvalue weighted by Gasteiger charge is -2.30. The van der Waals surface area contributed by atoms with Gasteiger partial charge in [-0.25, -0.2) is 0 Å². The second-order valence-electron chi connectivity index (χ2n) is 5.38. The van der Waals surface area contributed by atoms with Gasteiger partial charge in [0.1, 0.15) is 0 Å². The van der Waals surface area contributed by atoms with Gasteiger partial charge in [-0.2, -0.15) is 0 Å². The van der Waals surface area contributed by atoms with Crippen LogP contribution < -0.4 is 0 Å². The zero-order chi connectivity index (χ0) is 13.1. The highest BCUT2D eigenvalue weighted by atomic mass is 35.5. The van der Waals surface area contributed by atoms with Crippen LogP contribution in [-0.2, 0) is 0 Å². The summed E-state index contributed by atoms with van der Waals surface area (Å²) in [7, 11) is 0. The smallest absolute Gasteiger partial charge is 0.166 e. The molecule has 0 spiro atoms. The van der Waals surface area contributed by atoms with E-state index < -0.39 is 0 Å². The molecule has 2 rings (SSSR count). The molecule has 2 atom stereocenters. The van der Waals surface area contributed by atoms with Crippen LogP contribution in [0.3, 0.4) is 0 Å². The van der Waals surface area contributed by atoms with E-state index in [0.29, 0.717) is 16.7 Å². The average Bonchev–Trinajstić information content (AvgIpc) is 2.38. The first kappa shape index (κ1) is 13.6. The molecule has 0 aromatic heterocycles. The lowest BCUT2D eigenvalue weighted by molar-refractivity contribution is 0.0819. The van der Waals surface area contributed by atoms with Crippen molar-refractivity contribution in [1.29, 1.82) is 0 Å². The van der Waals surface area contributed by atoms with Gasteiger partial charge in [-0.05, 0) is 49.4 Å². The van der Waals surface area contributed by atoms with Gasteiger partial charge in [-0.15, -0.1) is 0 Å². The van der Waals surface area contributed by atoms with E-state index in [2.05, 4.69) is 6.92 Å². The van der Waals surface area contributed by atoms with Gasteiger partial charge in [-0.1, -0.05) is 37.8 Å². The summed E-state index contributed by atoms with van der Waals surface area (Å²) >= 11 is 5.95. The Morgan fingerprint density at radius 1 is 1.33 bits per heavy atom. The molecule has 1 aromatic carbocycles. The number of aryl methyl sites for hydroxylation is 1. The van der Waals surface area contributed by atoms with Gasteiger partial charge in [0.25, 0.3) is 0 Å². The SMILES string of the molecule is CCC1CCCCC1C(=O)c1ccc(Cl)cc1C. The van der Waals surface area contributed by atoms with Crippen LogP contribution in [0.5, 0.6) is 0 Å². The predicted molar refractivity (Wildman–Crippen MR) is 76.3 cm³/mol. The third-order valence-electron chi connectivity index (χ3n) is 4.22. The van der Waals surface area contributed by atoms with Gasteiger partial charge in [-0.3, -0.25) is 4.79 Å². The second-order valence-corrected chi connectivity index (χ2v) is 5.82. The molecular formula is C16H21ClO. The van der Waals surface area contributed by atoms with E-state index in [1.807, 2.05) is 25.1 Å². The minimum absolute atomic E-state index is 0.226. The summed E-state index contributed by atoms with van der Waals surface area (Å²) in [5, 5.41) is 0.708. The van der Waals surface area contributed by atoms with Crippen molar-refractivity contribution in [2.75, 3.05) is 0 Å². The Labute approximate surface area is 115 Å². The Kier molecular flexibility index (Phi) is 4.45. The fourth-order valence-corrected chi connectivity index (χ4v) is 3.37. The van der Waals surface area contributed by atoms with Crippen LogP contribution in [0.2, 0.25) is 5.02 Å². The summed E-state index contributed by atoms with van der Waals surface area (Å²) in [5.74, 6) is 1.13. The Morgan fingerprint density at radius 3 is 2.72 bits per heavy atom. The van der Waals surface area contributed by atoms with Crippen molar-refractivity contribution in [2.24, 2.45) is 11.8 Å². The van der Waals surface area contributed by atoms with Crippen LogP contribution in [0.1, 0.15) is 54.9 Å². The molecule has 1 aliphatic carbocycles. The van der Waals surface area contributed by atoms with Crippen molar-refractivity contribution >= 4 is 17.4 Å². The van der Waals surface area contributed by atoms with Crippen molar-refractivity contribution in [3.63, 3.8) is 0 Å². The number of ketones is 1. The van der Waals surface area contributed by atoms with E-state index in [1.54, 1.807) is 0 Å². The molecule has 0 N–H and O–H groups in total. The molecule has 2 unspecified atom stereocenters. The maximum absolute atomic E-state index is 12.7. The van der Waals surface area contributed by atoms with Crippen LogP contribution in [0.4, 0.5) is 0 Å². The number of carbonyl (C=O) groups is 1. The first-order valence-corrected chi connectivity index (χ1v) is 7.31. The summed E-state index contributed by atoms with van der Waals surface area (Å²) in [4.78, 5) is 12.7. The normalized spacial score (nSPS) is 23.9. The molecule has 0 saturated heterocycles. The summed E-state index contributed by atoms with van der Waals surface area (Å²) < 4.78 is 0. The van der Waals surface area contributed by atoms with Gasteiger partial charge in [0.2, 0.25) is 0 Å². The Bertz CT molecular complexity index is 439. The quantitative estimate of drug-likeness (QED) is 0.699. The van der Waals surface area contributed by atoms with Crippen LogP contribution >= 0.6 is 11.6 Å². The minimum atomic E-state index is 0.226. The van der Waals surface area contributed by atoms with Gasteiger partial charge in [0.15, 0.2) is 5.78 Å². The summed E-state index contributed by atoms with van der Waals surface area (Å²) in [6.45, 7) is 4.17. The number of hydrogen-bond acceptors (Lipinski definition) is 1. The first-order valence-electron chi connectivity index (χ1n) is 6.94. The zero-order valence-corrected chi connectivity index (χ0v) is 12.0. The van der Waals surface area contributed by atoms with Crippen molar-refractivity contribution in [3.05, 3.63) is 34.3 Å². The molecule has 1 saturated carbocycles. The Hall–Kier alpha value is -0.820. The van der Waals surface area contributed by atoms with E-state index in [9.17, 15) is 4.79 Å². The summed E-state index contributed by atoms with van der Waals surface area (Å²) in [6, 6.07) is 5.60. The lowest BCUT2D eigenvalue weighted by atomic mass is 9.74. The number of halogens is 1. The second kappa shape index (κ2) is 5.88. The van der Waals surface area contributed by atoms with Crippen molar-refractivity contribution in [3.8, 4) is 0 Å². The van der Waals surface area contributed by atoms with Crippen molar-refractivity contribution in [2.45, 2.75) is 46.0 Å².